The fourth-order valence-corrected chi connectivity index (χ4v) is 4.25. The summed E-state index contributed by atoms with van der Waals surface area (Å²) in [5.41, 5.74) is 0.314. The number of amides is 2. The van der Waals surface area contributed by atoms with E-state index in [1.807, 2.05) is 17.0 Å². The van der Waals surface area contributed by atoms with Crippen LogP contribution >= 0.6 is 0 Å². The predicted octanol–water partition coefficient (Wildman–Crippen LogP) is 1.74. The predicted molar refractivity (Wildman–Crippen MR) is 92.4 cm³/mol. The Morgan fingerprint density at radius 1 is 1.33 bits per heavy atom. The molecule has 0 spiro atoms. The van der Waals surface area contributed by atoms with E-state index in [0.717, 1.165) is 44.6 Å². The van der Waals surface area contributed by atoms with Gasteiger partial charge in [0.25, 0.3) is 0 Å². The van der Waals surface area contributed by atoms with Gasteiger partial charge in [-0.15, -0.1) is 0 Å². The summed E-state index contributed by atoms with van der Waals surface area (Å²) in [5.74, 6) is 0.169. The second-order valence-electron chi connectivity index (χ2n) is 6.79. The van der Waals surface area contributed by atoms with Crippen LogP contribution in [0.4, 0.5) is 5.69 Å². The van der Waals surface area contributed by atoms with Crippen LogP contribution in [0.5, 0.6) is 0 Å². The average Bonchev–Trinajstić information content (AvgIpc) is 2.82. The van der Waals surface area contributed by atoms with Crippen LogP contribution in [-0.2, 0) is 9.59 Å². The standard InChI is InChI=1S/C18H26N4O2/c1-3-21-11-7-18(17(24)20-15-5-4-9-19-13-15)8-12-22(14(2)23)10-6-16(18)21/h4-5,9,13,16H,3,6-8,10-12H2,1-2H3,(H,20,24)/t16-,18-/m1/s1. The molecule has 1 aromatic heterocycles. The van der Waals surface area contributed by atoms with Crippen molar-refractivity contribution in [3.63, 3.8) is 0 Å². The number of likely N-dealkylation sites (tertiary alicyclic amines) is 2. The van der Waals surface area contributed by atoms with Gasteiger partial charge in [0.05, 0.1) is 17.3 Å². The molecule has 3 rings (SSSR count). The molecule has 0 bridgehead atoms. The smallest absolute Gasteiger partial charge is 0.232 e. The van der Waals surface area contributed by atoms with E-state index in [1.54, 1.807) is 19.3 Å². The van der Waals surface area contributed by atoms with Crippen molar-refractivity contribution < 1.29 is 9.59 Å². The van der Waals surface area contributed by atoms with Crippen molar-refractivity contribution in [3.05, 3.63) is 24.5 Å². The maximum atomic E-state index is 13.2. The van der Waals surface area contributed by atoms with Crippen molar-refractivity contribution in [1.82, 2.24) is 14.8 Å². The van der Waals surface area contributed by atoms with Gasteiger partial charge in [-0.1, -0.05) is 6.92 Å². The van der Waals surface area contributed by atoms with Crippen LogP contribution in [-0.4, -0.2) is 58.8 Å². The lowest BCUT2D eigenvalue weighted by Gasteiger charge is -2.35. The molecule has 2 saturated heterocycles. The van der Waals surface area contributed by atoms with Gasteiger partial charge in [-0.05, 0) is 44.5 Å². The molecule has 2 aliphatic rings. The Labute approximate surface area is 143 Å². The van der Waals surface area contributed by atoms with E-state index >= 15 is 0 Å². The van der Waals surface area contributed by atoms with Gasteiger partial charge in [-0.3, -0.25) is 19.5 Å². The zero-order valence-electron chi connectivity index (χ0n) is 14.5. The van der Waals surface area contributed by atoms with Crippen molar-refractivity contribution in [2.45, 2.75) is 39.2 Å². The minimum atomic E-state index is -0.421. The Bertz CT molecular complexity index is 606. The molecule has 0 saturated carbocycles. The van der Waals surface area contributed by atoms with E-state index in [2.05, 4.69) is 22.1 Å². The number of carbonyl (C=O) groups excluding carboxylic acids is 2. The van der Waals surface area contributed by atoms with Crippen LogP contribution in [0.15, 0.2) is 24.5 Å². The molecular weight excluding hydrogens is 304 g/mol. The summed E-state index contributed by atoms with van der Waals surface area (Å²) in [6, 6.07) is 3.88. The normalized spacial score (nSPS) is 27.4. The Morgan fingerprint density at radius 3 is 2.79 bits per heavy atom. The first-order valence-corrected chi connectivity index (χ1v) is 8.78. The Kier molecular flexibility index (Phi) is 4.85. The zero-order valence-corrected chi connectivity index (χ0v) is 14.5. The molecule has 0 unspecified atom stereocenters. The van der Waals surface area contributed by atoms with E-state index in [1.165, 1.54) is 0 Å². The monoisotopic (exact) mass is 330 g/mol. The van der Waals surface area contributed by atoms with E-state index in [-0.39, 0.29) is 17.9 Å². The number of aromatic nitrogens is 1. The van der Waals surface area contributed by atoms with Gasteiger partial charge >= 0.3 is 0 Å². The molecule has 130 valence electrons. The number of pyridine rings is 1. The lowest BCUT2D eigenvalue weighted by molar-refractivity contribution is -0.130. The van der Waals surface area contributed by atoms with Gasteiger partial charge in [0.2, 0.25) is 11.8 Å². The maximum Gasteiger partial charge on any atom is 0.232 e. The van der Waals surface area contributed by atoms with Crippen LogP contribution in [0.1, 0.15) is 33.1 Å². The number of hydrogen-bond acceptors (Lipinski definition) is 4. The van der Waals surface area contributed by atoms with Crippen molar-refractivity contribution in [3.8, 4) is 0 Å². The van der Waals surface area contributed by atoms with Crippen LogP contribution in [0.2, 0.25) is 0 Å². The number of fused-ring (bicyclic) bond motifs is 1. The molecule has 6 nitrogen and oxygen atoms in total. The highest BCUT2D eigenvalue weighted by Gasteiger charge is 2.53. The van der Waals surface area contributed by atoms with Crippen LogP contribution < -0.4 is 5.32 Å². The molecule has 2 amide bonds. The minimum absolute atomic E-state index is 0.0712. The first kappa shape index (κ1) is 16.9. The lowest BCUT2D eigenvalue weighted by Crippen LogP contribution is -2.47. The molecular formula is C18H26N4O2. The third kappa shape index (κ3) is 3.02. The summed E-state index contributed by atoms with van der Waals surface area (Å²) in [5, 5.41) is 3.06. The summed E-state index contributed by atoms with van der Waals surface area (Å²) < 4.78 is 0. The van der Waals surface area contributed by atoms with Crippen LogP contribution in [0, 0.1) is 5.41 Å². The molecule has 0 radical (unpaired) electrons. The summed E-state index contributed by atoms with van der Waals surface area (Å²) in [6.45, 7) is 7.03. The summed E-state index contributed by atoms with van der Waals surface area (Å²) in [7, 11) is 0. The second-order valence-corrected chi connectivity index (χ2v) is 6.79. The summed E-state index contributed by atoms with van der Waals surface area (Å²) in [6.07, 6.45) is 5.80. The van der Waals surface area contributed by atoms with Crippen molar-refractivity contribution in [2.24, 2.45) is 5.41 Å². The highest BCUT2D eigenvalue weighted by atomic mass is 16.2. The van der Waals surface area contributed by atoms with Crippen molar-refractivity contribution in [2.75, 3.05) is 31.5 Å². The number of anilines is 1. The van der Waals surface area contributed by atoms with Gasteiger partial charge in [0, 0.05) is 32.3 Å². The van der Waals surface area contributed by atoms with Crippen LogP contribution in [0.3, 0.4) is 0 Å². The Morgan fingerprint density at radius 2 is 2.12 bits per heavy atom. The fraction of sp³-hybridized carbons (Fsp3) is 0.611. The SMILES string of the molecule is CCN1CC[C@@]2(C(=O)Nc3cccnc3)CCN(C(C)=O)CC[C@@H]12. The number of nitrogens with zero attached hydrogens (tertiary/aromatic N) is 3. The molecule has 2 aliphatic heterocycles. The minimum Gasteiger partial charge on any atom is -0.343 e. The molecule has 0 aromatic carbocycles. The quantitative estimate of drug-likeness (QED) is 0.917. The van der Waals surface area contributed by atoms with Gasteiger partial charge < -0.3 is 10.2 Å². The zero-order chi connectivity index (χ0) is 17.2. The largest absolute Gasteiger partial charge is 0.343 e. The average molecular weight is 330 g/mol. The van der Waals surface area contributed by atoms with Crippen LogP contribution in [0.25, 0.3) is 0 Å². The summed E-state index contributed by atoms with van der Waals surface area (Å²) >= 11 is 0. The van der Waals surface area contributed by atoms with Gasteiger partial charge in [-0.2, -0.15) is 0 Å². The van der Waals surface area contributed by atoms with E-state index in [4.69, 9.17) is 0 Å². The van der Waals surface area contributed by atoms with E-state index in [0.29, 0.717) is 6.54 Å². The van der Waals surface area contributed by atoms with E-state index < -0.39 is 5.41 Å². The highest BCUT2D eigenvalue weighted by Crippen LogP contribution is 2.44. The van der Waals surface area contributed by atoms with Gasteiger partial charge in [0.15, 0.2) is 0 Å². The number of rotatable bonds is 3. The fourth-order valence-electron chi connectivity index (χ4n) is 4.25. The molecule has 24 heavy (non-hydrogen) atoms. The number of nitrogens with one attached hydrogen (secondary N) is 1. The lowest BCUT2D eigenvalue weighted by atomic mass is 9.75. The topological polar surface area (TPSA) is 65.5 Å². The first-order chi connectivity index (χ1) is 11.6. The van der Waals surface area contributed by atoms with Crippen molar-refractivity contribution >= 4 is 17.5 Å². The number of hydrogen-bond donors (Lipinski definition) is 1. The van der Waals surface area contributed by atoms with Gasteiger partial charge in [-0.25, -0.2) is 0 Å². The molecule has 6 heteroatoms. The number of carbonyl (C=O) groups is 2. The molecule has 1 N–H and O–H groups in total. The maximum absolute atomic E-state index is 13.2. The second kappa shape index (κ2) is 6.89. The first-order valence-electron chi connectivity index (χ1n) is 8.78. The highest BCUT2D eigenvalue weighted by molar-refractivity contribution is 5.96. The third-order valence-corrected chi connectivity index (χ3v) is 5.65. The van der Waals surface area contributed by atoms with Crippen molar-refractivity contribution in [1.29, 1.82) is 0 Å². The molecule has 3 heterocycles. The molecule has 2 atom stereocenters. The Hall–Kier alpha value is -1.95. The van der Waals surface area contributed by atoms with Gasteiger partial charge in [0.1, 0.15) is 0 Å². The third-order valence-electron chi connectivity index (χ3n) is 5.65. The molecule has 2 fully saturated rings. The Balaban J connectivity index is 1.85. The molecule has 0 aliphatic carbocycles. The van der Waals surface area contributed by atoms with E-state index in [9.17, 15) is 9.59 Å². The summed E-state index contributed by atoms with van der Waals surface area (Å²) in [4.78, 5) is 33.3. The molecule has 1 aromatic rings.